The number of nitriles is 1. The zero-order valence-electron chi connectivity index (χ0n) is 7.61. The Morgan fingerprint density at radius 1 is 1.64 bits per heavy atom. The molecule has 0 aliphatic heterocycles. The van der Waals surface area contributed by atoms with Gasteiger partial charge < -0.3 is 5.11 Å². The van der Waals surface area contributed by atoms with E-state index in [1.807, 2.05) is 13.0 Å². The third-order valence-electron chi connectivity index (χ3n) is 1.98. The lowest BCUT2D eigenvalue weighted by Gasteiger charge is -2.06. The van der Waals surface area contributed by atoms with Gasteiger partial charge in [0.2, 0.25) is 0 Å². The van der Waals surface area contributed by atoms with Gasteiger partial charge >= 0.3 is 5.97 Å². The van der Waals surface area contributed by atoms with Crippen molar-refractivity contribution < 1.29 is 9.90 Å². The van der Waals surface area contributed by atoms with E-state index in [1.54, 1.807) is 6.07 Å². The van der Waals surface area contributed by atoms with Gasteiger partial charge in [0.1, 0.15) is 6.07 Å². The monoisotopic (exact) mass is 207 g/mol. The molecular formula is C10H9NO2S. The third kappa shape index (κ3) is 1.73. The molecule has 0 radical (unpaired) electrons. The first-order chi connectivity index (χ1) is 6.61. The Labute approximate surface area is 87.4 Å². The molecule has 1 aromatic rings. The van der Waals surface area contributed by atoms with Crippen molar-refractivity contribution in [3.05, 3.63) is 28.8 Å². The first-order valence-corrected chi connectivity index (χ1v) is 4.54. The van der Waals surface area contributed by atoms with Gasteiger partial charge in [-0.1, -0.05) is 6.92 Å². The number of rotatable bonds is 2. The largest absolute Gasteiger partial charge is 0.478 e. The van der Waals surface area contributed by atoms with Crippen molar-refractivity contribution in [3.63, 3.8) is 0 Å². The Morgan fingerprint density at radius 3 is 2.71 bits per heavy atom. The van der Waals surface area contributed by atoms with Crippen molar-refractivity contribution in [1.29, 1.82) is 5.26 Å². The fraction of sp³-hybridized carbons (Fsp3) is 0.200. The van der Waals surface area contributed by atoms with Crippen LogP contribution >= 0.6 is 12.6 Å². The Hall–Kier alpha value is -1.47. The number of carboxylic acid groups (broad SMARTS) is 1. The van der Waals surface area contributed by atoms with Crippen LogP contribution in [0.1, 0.15) is 28.4 Å². The highest BCUT2D eigenvalue weighted by molar-refractivity contribution is 7.80. The summed E-state index contributed by atoms with van der Waals surface area (Å²) in [4.78, 5) is 11.4. The standard InChI is InChI=1S/C10H9NO2S/c1-2-6-8(5-11)7(10(12)13)3-4-9(6)14/h3-4,14H,2H2,1H3,(H,12,13). The number of benzene rings is 1. The Balaban J connectivity index is 3.50. The van der Waals surface area contributed by atoms with Crippen LogP contribution in [0, 0.1) is 11.3 Å². The number of thiol groups is 1. The highest BCUT2D eigenvalue weighted by atomic mass is 32.1. The fourth-order valence-corrected chi connectivity index (χ4v) is 1.65. The van der Waals surface area contributed by atoms with E-state index in [2.05, 4.69) is 12.6 Å². The Morgan fingerprint density at radius 2 is 2.29 bits per heavy atom. The second kappa shape index (κ2) is 4.16. The Kier molecular flexibility index (Phi) is 3.15. The first-order valence-electron chi connectivity index (χ1n) is 4.10. The van der Waals surface area contributed by atoms with Crippen LogP contribution in [0.3, 0.4) is 0 Å². The van der Waals surface area contributed by atoms with Crippen molar-refractivity contribution in [2.45, 2.75) is 18.2 Å². The zero-order chi connectivity index (χ0) is 10.7. The van der Waals surface area contributed by atoms with Crippen LogP contribution < -0.4 is 0 Å². The van der Waals surface area contributed by atoms with E-state index in [4.69, 9.17) is 10.4 Å². The van der Waals surface area contributed by atoms with Gasteiger partial charge in [0.25, 0.3) is 0 Å². The van der Waals surface area contributed by atoms with Gasteiger partial charge in [0, 0.05) is 4.90 Å². The van der Waals surface area contributed by atoms with Crippen molar-refractivity contribution in [2.75, 3.05) is 0 Å². The molecule has 3 nitrogen and oxygen atoms in total. The van der Waals surface area contributed by atoms with Crippen LogP contribution in [0.4, 0.5) is 0 Å². The summed E-state index contributed by atoms with van der Waals surface area (Å²) in [5.41, 5.74) is 0.949. The van der Waals surface area contributed by atoms with Gasteiger partial charge in [-0.05, 0) is 24.1 Å². The minimum absolute atomic E-state index is 0.0437. The summed E-state index contributed by atoms with van der Waals surface area (Å²) in [6, 6.07) is 4.92. The van der Waals surface area contributed by atoms with Gasteiger partial charge in [-0.25, -0.2) is 4.79 Å². The molecule has 72 valence electrons. The zero-order valence-corrected chi connectivity index (χ0v) is 8.51. The van der Waals surface area contributed by atoms with Crippen molar-refractivity contribution in [3.8, 4) is 6.07 Å². The molecule has 0 heterocycles. The minimum Gasteiger partial charge on any atom is -0.478 e. The summed E-state index contributed by atoms with van der Waals surface area (Å²) >= 11 is 4.17. The van der Waals surface area contributed by atoms with Crippen molar-refractivity contribution >= 4 is 18.6 Å². The minimum atomic E-state index is -1.08. The van der Waals surface area contributed by atoms with E-state index < -0.39 is 5.97 Å². The first kappa shape index (κ1) is 10.6. The van der Waals surface area contributed by atoms with E-state index in [9.17, 15) is 4.79 Å². The van der Waals surface area contributed by atoms with Crippen LogP contribution in [0.2, 0.25) is 0 Å². The maximum atomic E-state index is 10.8. The molecule has 0 saturated carbocycles. The average molecular weight is 207 g/mol. The van der Waals surface area contributed by atoms with Gasteiger partial charge in [0.15, 0.2) is 0 Å². The topological polar surface area (TPSA) is 61.1 Å². The SMILES string of the molecule is CCc1c(S)ccc(C(=O)O)c1C#N. The van der Waals surface area contributed by atoms with Crippen molar-refractivity contribution in [2.24, 2.45) is 0 Å². The second-order valence-corrected chi connectivity index (χ2v) is 3.24. The average Bonchev–Trinajstić information content (AvgIpc) is 2.16. The van der Waals surface area contributed by atoms with Crippen LogP contribution in [0.5, 0.6) is 0 Å². The molecular weight excluding hydrogens is 198 g/mol. The molecule has 4 heteroatoms. The van der Waals surface area contributed by atoms with Gasteiger partial charge in [-0.2, -0.15) is 5.26 Å². The number of carboxylic acids is 1. The summed E-state index contributed by atoms with van der Waals surface area (Å²) in [7, 11) is 0. The highest BCUT2D eigenvalue weighted by Gasteiger charge is 2.14. The van der Waals surface area contributed by atoms with Crippen LogP contribution in [0.15, 0.2) is 17.0 Å². The van der Waals surface area contributed by atoms with E-state index >= 15 is 0 Å². The van der Waals surface area contributed by atoms with Crippen LogP contribution in [-0.4, -0.2) is 11.1 Å². The molecule has 14 heavy (non-hydrogen) atoms. The predicted molar refractivity (Wildman–Crippen MR) is 54.7 cm³/mol. The van der Waals surface area contributed by atoms with Crippen LogP contribution in [0.25, 0.3) is 0 Å². The van der Waals surface area contributed by atoms with Crippen molar-refractivity contribution in [1.82, 2.24) is 0 Å². The molecule has 0 spiro atoms. The van der Waals surface area contributed by atoms with Gasteiger partial charge in [-0.3, -0.25) is 0 Å². The molecule has 0 aliphatic carbocycles. The predicted octanol–water partition coefficient (Wildman–Crippen LogP) is 2.11. The molecule has 0 saturated heterocycles. The second-order valence-electron chi connectivity index (χ2n) is 2.76. The summed E-state index contributed by atoms with van der Waals surface area (Å²) < 4.78 is 0. The molecule has 1 N–H and O–H groups in total. The van der Waals surface area contributed by atoms with E-state index in [1.165, 1.54) is 6.07 Å². The smallest absolute Gasteiger partial charge is 0.337 e. The lowest BCUT2D eigenvalue weighted by Crippen LogP contribution is -2.03. The van der Waals surface area contributed by atoms with Gasteiger partial charge in [0.05, 0.1) is 11.1 Å². The molecule has 1 rings (SSSR count). The summed E-state index contributed by atoms with van der Waals surface area (Å²) in [5.74, 6) is -1.08. The molecule has 0 bridgehead atoms. The molecule has 0 atom stereocenters. The lowest BCUT2D eigenvalue weighted by atomic mass is 10.0. The fourth-order valence-electron chi connectivity index (χ4n) is 1.30. The number of nitrogens with zero attached hydrogens (tertiary/aromatic N) is 1. The normalized spacial score (nSPS) is 9.50. The molecule has 0 aliphatic rings. The summed E-state index contributed by atoms with van der Waals surface area (Å²) in [6.45, 7) is 1.86. The maximum absolute atomic E-state index is 10.8. The van der Waals surface area contributed by atoms with E-state index in [-0.39, 0.29) is 11.1 Å². The number of hydrogen-bond donors (Lipinski definition) is 2. The molecule has 0 aromatic heterocycles. The summed E-state index contributed by atoms with van der Waals surface area (Å²) in [5, 5.41) is 17.7. The Bertz CT molecular complexity index is 421. The van der Waals surface area contributed by atoms with E-state index in [0.717, 1.165) is 0 Å². The molecule has 0 unspecified atom stereocenters. The van der Waals surface area contributed by atoms with Gasteiger partial charge in [-0.15, -0.1) is 12.6 Å². The summed E-state index contributed by atoms with van der Waals surface area (Å²) in [6.07, 6.45) is 0.600. The number of hydrogen-bond acceptors (Lipinski definition) is 3. The number of aromatic carboxylic acids is 1. The van der Waals surface area contributed by atoms with Crippen LogP contribution in [-0.2, 0) is 6.42 Å². The molecule has 1 aromatic carbocycles. The molecule has 0 amide bonds. The third-order valence-corrected chi connectivity index (χ3v) is 2.40. The molecule has 0 fully saturated rings. The number of carbonyl (C=O) groups is 1. The van der Waals surface area contributed by atoms with E-state index in [0.29, 0.717) is 16.9 Å². The quantitative estimate of drug-likeness (QED) is 0.730. The maximum Gasteiger partial charge on any atom is 0.337 e. The highest BCUT2D eigenvalue weighted by Crippen LogP contribution is 2.22. The lowest BCUT2D eigenvalue weighted by molar-refractivity contribution is 0.0696.